The van der Waals surface area contributed by atoms with Crippen LogP contribution in [0.2, 0.25) is 0 Å². The molecule has 0 fully saturated rings. The van der Waals surface area contributed by atoms with E-state index >= 15 is 0 Å². The van der Waals surface area contributed by atoms with E-state index in [1.54, 1.807) is 55.1 Å². The summed E-state index contributed by atoms with van der Waals surface area (Å²) in [5.41, 5.74) is 2.93. The van der Waals surface area contributed by atoms with E-state index in [0.29, 0.717) is 35.7 Å². The number of anilines is 1. The van der Waals surface area contributed by atoms with Crippen LogP contribution < -0.4 is 19.7 Å². The normalized spacial score (nSPS) is 16.9. The molecule has 2 unspecified atom stereocenters. The number of aromatic nitrogens is 2. The fourth-order valence-electron chi connectivity index (χ4n) is 4.49. The number of fused-ring (bicyclic) bond motifs is 1. The molecule has 184 valence electrons. The number of hydrogen-bond acceptors (Lipinski definition) is 6. The van der Waals surface area contributed by atoms with Gasteiger partial charge in [0.15, 0.2) is 11.5 Å². The molecule has 35 heavy (non-hydrogen) atoms. The highest BCUT2D eigenvalue weighted by atomic mass is 16.6. The Kier molecular flexibility index (Phi) is 7.24. The van der Waals surface area contributed by atoms with Gasteiger partial charge in [-0.15, -0.1) is 0 Å². The molecule has 3 aromatic rings. The Hall–Kier alpha value is -4.01. The van der Waals surface area contributed by atoms with Crippen molar-refractivity contribution in [2.45, 2.75) is 32.2 Å². The predicted octanol–water partition coefficient (Wildman–Crippen LogP) is 4.16. The molecule has 2 heterocycles. The second kappa shape index (κ2) is 10.5. The van der Waals surface area contributed by atoms with Crippen molar-refractivity contribution in [2.24, 2.45) is 0 Å². The van der Waals surface area contributed by atoms with Gasteiger partial charge in [0.25, 0.3) is 5.91 Å². The Morgan fingerprint density at radius 2 is 1.89 bits per heavy atom. The first-order chi connectivity index (χ1) is 17.0. The van der Waals surface area contributed by atoms with E-state index < -0.39 is 6.09 Å². The van der Waals surface area contributed by atoms with Crippen LogP contribution in [0.3, 0.4) is 0 Å². The molecule has 9 nitrogen and oxygen atoms in total. The van der Waals surface area contributed by atoms with E-state index in [1.165, 1.54) is 0 Å². The third-order valence-corrected chi connectivity index (χ3v) is 6.15. The van der Waals surface area contributed by atoms with Gasteiger partial charge in [0.05, 0.1) is 32.2 Å². The molecule has 0 bridgehead atoms. The fraction of sp³-hybridized carbons (Fsp3) is 0.346. The molecule has 1 aliphatic rings. The molecule has 2 atom stereocenters. The second-order valence-electron chi connectivity index (χ2n) is 8.33. The highest BCUT2D eigenvalue weighted by Crippen LogP contribution is 2.44. The summed E-state index contributed by atoms with van der Waals surface area (Å²) >= 11 is 0. The van der Waals surface area contributed by atoms with Crippen molar-refractivity contribution in [3.8, 4) is 17.2 Å². The molecule has 1 aromatic heterocycles. The molecule has 1 aliphatic heterocycles. The maximum atomic E-state index is 13.0. The summed E-state index contributed by atoms with van der Waals surface area (Å²) in [6.45, 7) is 4.43. The smallest absolute Gasteiger partial charge is 0.414 e. The van der Waals surface area contributed by atoms with Crippen LogP contribution in [0.5, 0.6) is 11.5 Å². The molecule has 0 saturated heterocycles. The molecule has 2 aromatic carbocycles. The van der Waals surface area contributed by atoms with E-state index in [2.05, 4.69) is 10.4 Å². The lowest BCUT2D eigenvalue weighted by atomic mass is 9.85. The average molecular weight is 479 g/mol. The summed E-state index contributed by atoms with van der Waals surface area (Å²) in [5.74, 6) is 0.867. The Morgan fingerprint density at radius 3 is 2.57 bits per heavy atom. The molecule has 9 heteroatoms. The summed E-state index contributed by atoms with van der Waals surface area (Å²) in [7, 11) is 3.13. The number of methoxy groups -OCH3 is 2. The van der Waals surface area contributed by atoms with Gasteiger partial charge in [0.2, 0.25) is 0 Å². The zero-order chi connectivity index (χ0) is 24.9. The number of ether oxygens (including phenoxy) is 3. The third-order valence-electron chi connectivity index (χ3n) is 6.15. The zero-order valence-electron chi connectivity index (χ0n) is 20.4. The first-order valence-electron chi connectivity index (χ1n) is 11.6. The van der Waals surface area contributed by atoms with Gasteiger partial charge in [0.1, 0.15) is 0 Å². The van der Waals surface area contributed by atoms with Crippen LogP contribution in [0.1, 0.15) is 42.1 Å². The lowest BCUT2D eigenvalue weighted by Crippen LogP contribution is -2.45. The van der Waals surface area contributed by atoms with Gasteiger partial charge in [-0.1, -0.05) is 6.07 Å². The molecular formula is C26H30N4O5. The zero-order valence-corrected chi connectivity index (χ0v) is 20.4. The standard InChI is InChI=1S/C26H30N4O5/c1-5-35-26(32)30-17(2)12-19(21-14-23(33-3)24(34-4)15-22(21)30)16-27-25(31)18-8-6-9-20(13-18)29-11-7-10-28-29/h6-11,13-15,17,19H,5,12,16H2,1-4H3,(H,27,31). The number of benzene rings is 2. The minimum Gasteiger partial charge on any atom is -0.493 e. The molecule has 0 aliphatic carbocycles. The molecular weight excluding hydrogens is 448 g/mol. The minimum atomic E-state index is -0.411. The van der Waals surface area contributed by atoms with Crippen LogP contribution in [0.15, 0.2) is 54.9 Å². The highest BCUT2D eigenvalue weighted by molar-refractivity contribution is 5.95. The van der Waals surface area contributed by atoms with Crippen molar-refractivity contribution in [2.75, 3.05) is 32.3 Å². The number of carbonyl (C=O) groups excluding carboxylic acids is 2. The SMILES string of the molecule is CCOC(=O)N1c2cc(OC)c(OC)cc2C(CNC(=O)c2cccc(-n3cccn3)c2)CC1C. The highest BCUT2D eigenvalue weighted by Gasteiger charge is 2.36. The molecule has 0 spiro atoms. The first-order valence-corrected chi connectivity index (χ1v) is 11.6. The number of carbonyl (C=O) groups is 2. The topological polar surface area (TPSA) is 94.9 Å². The summed E-state index contributed by atoms with van der Waals surface area (Å²) in [6, 6.07) is 12.7. The van der Waals surface area contributed by atoms with Crippen molar-refractivity contribution >= 4 is 17.7 Å². The van der Waals surface area contributed by atoms with Crippen molar-refractivity contribution in [1.29, 1.82) is 0 Å². The van der Waals surface area contributed by atoms with Crippen LogP contribution in [0, 0.1) is 0 Å². The van der Waals surface area contributed by atoms with Gasteiger partial charge in [-0.25, -0.2) is 9.48 Å². The molecule has 0 saturated carbocycles. The van der Waals surface area contributed by atoms with Gasteiger partial charge in [-0.3, -0.25) is 9.69 Å². The lowest BCUT2D eigenvalue weighted by molar-refractivity contribution is 0.0949. The van der Waals surface area contributed by atoms with Crippen molar-refractivity contribution in [3.05, 3.63) is 66.0 Å². The number of nitrogens with one attached hydrogen (secondary N) is 1. The van der Waals surface area contributed by atoms with Gasteiger partial charge >= 0.3 is 6.09 Å². The largest absolute Gasteiger partial charge is 0.493 e. The van der Waals surface area contributed by atoms with E-state index in [4.69, 9.17) is 14.2 Å². The Bertz CT molecular complexity index is 1190. The summed E-state index contributed by atoms with van der Waals surface area (Å²) < 4.78 is 18.0. The summed E-state index contributed by atoms with van der Waals surface area (Å²) in [6.07, 6.45) is 3.76. The van der Waals surface area contributed by atoms with Crippen LogP contribution in [0.4, 0.5) is 10.5 Å². The van der Waals surface area contributed by atoms with Crippen LogP contribution in [-0.2, 0) is 4.74 Å². The third kappa shape index (κ3) is 4.94. The maximum Gasteiger partial charge on any atom is 0.414 e. The van der Waals surface area contributed by atoms with Crippen LogP contribution in [-0.4, -0.2) is 55.2 Å². The van der Waals surface area contributed by atoms with Crippen LogP contribution in [0.25, 0.3) is 5.69 Å². The Balaban J connectivity index is 1.59. The van der Waals surface area contributed by atoms with Gasteiger partial charge in [0, 0.05) is 42.5 Å². The predicted molar refractivity (Wildman–Crippen MR) is 132 cm³/mol. The van der Waals surface area contributed by atoms with E-state index in [1.807, 2.05) is 37.4 Å². The molecule has 1 N–H and O–H groups in total. The van der Waals surface area contributed by atoms with E-state index in [9.17, 15) is 9.59 Å². The van der Waals surface area contributed by atoms with Crippen molar-refractivity contribution in [3.63, 3.8) is 0 Å². The Morgan fingerprint density at radius 1 is 1.11 bits per heavy atom. The van der Waals surface area contributed by atoms with Crippen molar-refractivity contribution in [1.82, 2.24) is 15.1 Å². The van der Waals surface area contributed by atoms with E-state index in [-0.39, 0.29) is 24.5 Å². The quantitative estimate of drug-likeness (QED) is 0.548. The first kappa shape index (κ1) is 24.1. The average Bonchev–Trinajstić information content (AvgIpc) is 3.41. The monoisotopic (exact) mass is 478 g/mol. The van der Waals surface area contributed by atoms with Gasteiger partial charge in [-0.05, 0) is 56.2 Å². The maximum absolute atomic E-state index is 13.0. The molecule has 2 amide bonds. The molecule has 4 rings (SSSR count). The van der Waals surface area contributed by atoms with E-state index in [0.717, 1.165) is 11.3 Å². The molecule has 0 radical (unpaired) electrons. The number of rotatable bonds is 7. The number of amides is 2. The fourth-order valence-corrected chi connectivity index (χ4v) is 4.49. The van der Waals surface area contributed by atoms with Gasteiger partial charge < -0.3 is 19.5 Å². The second-order valence-corrected chi connectivity index (χ2v) is 8.33. The van der Waals surface area contributed by atoms with Gasteiger partial charge in [-0.2, -0.15) is 5.10 Å². The Labute approximate surface area is 204 Å². The minimum absolute atomic E-state index is 0.0382. The summed E-state index contributed by atoms with van der Waals surface area (Å²) in [4.78, 5) is 27.4. The van der Waals surface area contributed by atoms with Crippen LogP contribution >= 0.6 is 0 Å². The summed E-state index contributed by atoms with van der Waals surface area (Å²) in [5, 5.41) is 7.29. The lowest BCUT2D eigenvalue weighted by Gasteiger charge is -2.39. The van der Waals surface area contributed by atoms with Crippen molar-refractivity contribution < 1.29 is 23.8 Å². The number of hydrogen-bond donors (Lipinski definition) is 1. The number of nitrogens with zero attached hydrogens (tertiary/aromatic N) is 3.